The molecular weight excluding hydrogens is 266 g/mol. The van der Waals surface area contributed by atoms with Crippen molar-refractivity contribution in [1.82, 2.24) is 9.80 Å². The molecule has 2 N–H and O–H groups in total. The molecule has 1 saturated heterocycles. The number of ether oxygens (including phenoxy) is 2. The van der Waals surface area contributed by atoms with Crippen molar-refractivity contribution in [3.63, 3.8) is 0 Å². The molecular formula is C16H27N3O2. The lowest BCUT2D eigenvalue weighted by Crippen LogP contribution is -2.48. The quantitative estimate of drug-likeness (QED) is 0.858. The van der Waals surface area contributed by atoms with Crippen LogP contribution in [-0.2, 0) is 0 Å². The first-order valence-electron chi connectivity index (χ1n) is 7.58. The zero-order valence-electron chi connectivity index (χ0n) is 13.3. The molecule has 1 aromatic carbocycles. The first kappa shape index (κ1) is 16.1. The second-order valence-corrected chi connectivity index (χ2v) is 5.45. The van der Waals surface area contributed by atoms with Gasteiger partial charge in [0.25, 0.3) is 0 Å². The van der Waals surface area contributed by atoms with E-state index in [-0.39, 0.29) is 0 Å². The van der Waals surface area contributed by atoms with Gasteiger partial charge in [0.05, 0.1) is 14.2 Å². The van der Waals surface area contributed by atoms with E-state index in [0.717, 1.165) is 50.8 Å². The van der Waals surface area contributed by atoms with Crippen molar-refractivity contribution in [3.8, 4) is 11.5 Å². The molecule has 5 heteroatoms. The van der Waals surface area contributed by atoms with Crippen LogP contribution in [-0.4, -0.2) is 63.3 Å². The lowest BCUT2D eigenvalue weighted by molar-refractivity contribution is 0.103. The molecule has 1 aromatic rings. The molecule has 1 fully saturated rings. The van der Waals surface area contributed by atoms with Gasteiger partial charge in [0.1, 0.15) is 11.5 Å². The van der Waals surface area contributed by atoms with E-state index in [1.54, 1.807) is 14.2 Å². The Kier molecular flexibility index (Phi) is 5.85. The highest BCUT2D eigenvalue weighted by atomic mass is 16.5. The van der Waals surface area contributed by atoms with E-state index in [0.29, 0.717) is 6.04 Å². The summed E-state index contributed by atoms with van der Waals surface area (Å²) >= 11 is 0. The summed E-state index contributed by atoms with van der Waals surface area (Å²) in [6.07, 6.45) is 0. The van der Waals surface area contributed by atoms with Crippen molar-refractivity contribution in [2.45, 2.75) is 13.0 Å². The summed E-state index contributed by atoms with van der Waals surface area (Å²) < 4.78 is 10.8. The van der Waals surface area contributed by atoms with Crippen LogP contribution in [0.25, 0.3) is 0 Å². The molecule has 5 nitrogen and oxygen atoms in total. The van der Waals surface area contributed by atoms with Gasteiger partial charge in [0.2, 0.25) is 0 Å². The van der Waals surface area contributed by atoms with Gasteiger partial charge in [0, 0.05) is 56.9 Å². The summed E-state index contributed by atoms with van der Waals surface area (Å²) in [6, 6.07) is 6.40. The molecule has 0 amide bonds. The Morgan fingerprint density at radius 2 is 1.86 bits per heavy atom. The lowest BCUT2D eigenvalue weighted by atomic mass is 10.0. The number of methoxy groups -OCH3 is 2. The normalized spacial score (nSPS) is 18.5. The van der Waals surface area contributed by atoms with Crippen LogP contribution in [0.1, 0.15) is 18.5 Å². The molecule has 0 spiro atoms. The minimum Gasteiger partial charge on any atom is -0.497 e. The second kappa shape index (κ2) is 7.64. The first-order chi connectivity index (χ1) is 10.2. The maximum atomic E-state index is 5.63. The van der Waals surface area contributed by atoms with Crippen molar-refractivity contribution < 1.29 is 9.47 Å². The third kappa shape index (κ3) is 3.87. The number of nitrogens with two attached hydrogens (primary N) is 1. The van der Waals surface area contributed by atoms with Crippen molar-refractivity contribution in [1.29, 1.82) is 0 Å². The topological polar surface area (TPSA) is 51.0 Å². The average molecular weight is 293 g/mol. The van der Waals surface area contributed by atoms with Gasteiger partial charge in [-0.1, -0.05) is 6.07 Å². The number of nitrogens with zero attached hydrogens (tertiary/aromatic N) is 2. The largest absolute Gasteiger partial charge is 0.497 e. The van der Waals surface area contributed by atoms with Crippen molar-refractivity contribution in [3.05, 3.63) is 23.8 Å². The van der Waals surface area contributed by atoms with Crippen LogP contribution < -0.4 is 15.2 Å². The fraction of sp³-hybridized carbons (Fsp3) is 0.625. The van der Waals surface area contributed by atoms with Crippen LogP contribution in [0.3, 0.4) is 0 Å². The van der Waals surface area contributed by atoms with Crippen molar-refractivity contribution >= 4 is 0 Å². The fourth-order valence-corrected chi connectivity index (χ4v) is 2.92. The van der Waals surface area contributed by atoms with Crippen LogP contribution in [0.4, 0.5) is 0 Å². The number of hydrogen-bond acceptors (Lipinski definition) is 5. The Morgan fingerprint density at radius 3 is 2.43 bits per heavy atom. The van der Waals surface area contributed by atoms with E-state index in [9.17, 15) is 0 Å². The minimum absolute atomic E-state index is 0.339. The predicted molar refractivity (Wildman–Crippen MR) is 85.0 cm³/mol. The van der Waals surface area contributed by atoms with Crippen molar-refractivity contribution in [2.75, 3.05) is 53.5 Å². The summed E-state index contributed by atoms with van der Waals surface area (Å²) in [7, 11) is 3.39. The summed E-state index contributed by atoms with van der Waals surface area (Å²) in [5.41, 5.74) is 6.84. The van der Waals surface area contributed by atoms with Crippen LogP contribution in [0, 0.1) is 0 Å². The molecule has 1 aliphatic rings. The summed E-state index contributed by atoms with van der Waals surface area (Å²) in [5, 5.41) is 0. The molecule has 0 aliphatic carbocycles. The van der Waals surface area contributed by atoms with E-state index in [2.05, 4.69) is 22.8 Å². The molecule has 118 valence electrons. The number of benzene rings is 1. The van der Waals surface area contributed by atoms with E-state index in [1.807, 2.05) is 12.1 Å². The highest BCUT2D eigenvalue weighted by Crippen LogP contribution is 2.32. The Bertz CT molecular complexity index is 445. The molecule has 0 aromatic heterocycles. The molecule has 0 radical (unpaired) electrons. The average Bonchev–Trinajstić information content (AvgIpc) is 2.54. The Balaban J connectivity index is 2.05. The van der Waals surface area contributed by atoms with Gasteiger partial charge >= 0.3 is 0 Å². The molecule has 1 atom stereocenters. The monoisotopic (exact) mass is 293 g/mol. The van der Waals surface area contributed by atoms with Gasteiger partial charge in [-0.2, -0.15) is 0 Å². The number of hydrogen-bond donors (Lipinski definition) is 1. The zero-order valence-corrected chi connectivity index (χ0v) is 13.3. The third-order valence-electron chi connectivity index (χ3n) is 4.29. The number of piperazine rings is 1. The Labute approximate surface area is 127 Å². The minimum atomic E-state index is 0.339. The van der Waals surface area contributed by atoms with E-state index >= 15 is 0 Å². The summed E-state index contributed by atoms with van der Waals surface area (Å²) in [6.45, 7) is 8.27. The first-order valence-corrected chi connectivity index (χ1v) is 7.58. The van der Waals surface area contributed by atoms with Crippen LogP contribution >= 0.6 is 0 Å². The summed E-state index contributed by atoms with van der Waals surface area (Å²) in [4.78, 5) is 4.92. The third-order valence-corrected chi connectivity index (χ3v) is 4.29. The van der Waals surface area contributed by atoms with Gasteiger partial charge in [-0.25, -0.2) is 0 Å². The van der Waals surface area contributed by atoms with Gasteiger partial charge < -0.3 is 15.2 Å². The maximum absolute atomic E-state index is 5.63. The predicted octanol–water partition coefficient (Wildman–Crippen LogP) is 1.34. The maximum Gasteiger partial charge on any atom is 0.127 e. The lowest BCUT2D eigenvalue weighted by Gasteiger charge is -2.38. The highest BCUT2D eigenvalue weighted by Gasteiger charge is 2.23. The molecule has 1 heterocycles. The van der Waals surface area contributed by atoms with Gasteiger partial charge in [0.15, 0.2) is 0 Å². The Hall–Kier alpha value is -1.30. The van der Waals surface area contributed by atoms with E-state index in [4.69, 9.17) is 15.2 Å². The Morgan fingerprint density at radius 1 is 1.14 bits per heavy atom. The fourth-order valence-electron chi connectivity index (χ4n) is 2.92. The van der Waals surface area contributed by atoms with Gasteiger partial charge in [-0.15, -0.1) is 0 Å². The van der Waals surface area contributed by atoms with Gasteiger partial charge in [-0.3, -0.25) is 9.80 Å². The molecule has 0 saturated carbocycles. The second-order valence-electron chi connectivity index (χ2n) is 5.45. The molecule has 0 bridgehead atoms. The number of rotatable bonds is 6. The van der Waals surface area contributed by atoms with Crippen LogP contribution in [0.2, 0.25) is 0 Å². The van der Waals surface area contributed by atoms with E-state index < -0.39 is 0 Å². The molecule has 2 rings (SSSR count). The molecule has 1 aliphatic heterocycles. The SMILES string of the molecule is COc1ccc(C(C)N2CCN(CCN)CC2)c(OC)c1. The van der Waals surface area contributed by atoms with Crippen LogP contribution in [0.15, 0.2) is 18.2 Å². The van der Waals surface area contributed by atoms with E-state index in [1.165, 1.54) is 5.56 Å². The molecule has 21 heavy (non-hydrogen) atoms. The summed E-state index contributed by atoms with van der Waals surface area (Å²) in [5.74, 6) is 1.72. The smallest absolute Gasteiger partial charge is 0.127 e. The highest BCUT2D eigenvalue weighted by molar-refractivity contribution is 5.42. The standard InChI is InChI=1S/C16H27N3O2/c1-13(19-10-8-18(7-6-17)9-11-19)15-5-4-14(20-2)12-16(15)21-3/h4-5,12-13H,6-11,17H2,1-3H3. The van der Waals surface area contributed by atoms with Crippen molar-refractivity contribution in [2.24, 2.45) is 5.73 Å². The molecule has 1 unspecified atom stereocenters. The van der Waals surface area contributed by atoms with Gasteiger partial charge in [-0.05, 0) is 13.0 Å². The zero-order chi connectivity index (χ0) is 15.2. The van der Waals surface area contributed by atoms with Crippen LogP contribution in [0.5, 0.6) is 11.5 Å².